The van der Waals surface area contributed by atoms with Crippen LogP contribution in [0.4, 0.5) is 0 Å². The number of benzene rings is 1. The molecule has 3 heterocycles. The molecule has 3 nitrogen and oxygen atoms in total. The number of thiophene rings is 1. The first-order valence-corrected chi connectivity index (χ1v) is 9.99. The molecule has 2 fully saturated rings. The number of likely N-dealkylation sites (N-methyl/N-ethyl adjacent to an activating group) is 1. The summed E-state index contributed by atoms with van der Waals surface area (Å²) in [5.74, 6) is 0.633. The highest BCUT2D eigenvalue weighted by Crippen LogP contribution is 2.48. The fourth-order valence-electron chi connectivity index (χ4n) is 4.67. The molecule has 1 atom stereocenters. The van der Waals surface area contributed by atoms with Crippen LogP contribution in [-0.2, 0) is 11.3 Å². The highest BCUT2D eigenvalue weighted by atomic mass is 32.1. The van der Waals surface area contributed by atoms with E-state index in [4.69, 9.17) is 0 Å². The second-order valence-electron chi connectivity index (χ2n) is 7.51. The Kier molecular flexibility index (Phi) is 4.42. The molecular formula is C21H26N2OS. The number of nitrogens with zero attached hydrogens (tertiary/aromatic N) is 2. The van der Waals surface area contributed by atoms with Crippen LogP contribution in [0.5, 0.6) is 0 Å². The molecule has 0 radical (unpaired) electrons. The molecule has 0 saturated carbocycles. The number of hydrogen-bond acceptors (Lipinski definition) is 3. The lowest BCUT2D eigenvalue weighted by molar-refractivity contribution is -0.130. The van der Waals surface area contributed by atoms with Gasteiger partial charge in [-0.05, 0) is 37.5 Å². The van der Waals surface area contributed by atoms with Crippen LogP contribution in [0.15, 0.2) is 42.5 Å². The topological polar surface area (TPSA) is 23.6 Å². The molecular weight excluding hydrogens is 328 g/mol. The fraction of sp³-hybridized carbons (Fsp3) is 0.476. The number of rotatable bonds is 3. The molecule has 0 bridgehead atoms. The van der Waals surface area contributed by atoms with E-state index in [0.29, 0.717) is 18.2 Å². The van der Waals surface area contributed by atoms with Gasteiger partial charge >= 0.3 is 0 Å². The van der Waals surface area contributed by atoms with Crippen molar-refractivity contribution in [3.05, 3.63) is 57.8 Å². The fourth-order valence-corrected chi connectivity index (χ4v) is 5.60. The number of carbonyl (C=O) groups excluding carboxylic acids is 1. The van der Waals surface area contributed by atoms with E-state index < -0.39 is 0 Å². The molecule has 4 rings (SSSR count). The first-order chi connectivity index (χ1) is 12.1. The molecule has 0 aliphatic carbocycles. The van der Waals surface area contributed by atoms with Gasteiger partial charge in [0, 0.05) is 48.8 Å². The van der Waals surface area contributed by atoms with Gasteiger partial charge in [-0.1, -0.05) is 30.3 Å². The second kappa shape index (κ2) is 6.58. The Labute approximate surface area is 154 Å². The number of likely N-dealkylation sites (tertiary alicyclic amines) is 2. The predicted octanol–water partition coefficient (Wildman–Crippen LogP) is 4.04. The molecule has 2 aromatic rings. The van der Waals surface area contributed by atoms with Crippen molar-refractivity contribution in [2.24, 2.45) is 0 Å². The lowest BCUT2D eigenvalue weighted by atomic mass is 9.74. The second-order valence-corrected chi connectivity index (χ2v) is 8.88. The van der Waals surface area contributed by atoms with Crippen molar-refractivity contribution in [2.75, 3.05) is 20.1 Å². The van der Waals surface area contributed by atoms with Gasteiger partial charge in [0.2, 0.25) is 5.91 Å². The lowest BCUT2D eigenvalue weighted by Crippen LogP contribution is -2.53. The Morgan fingerprint density at radius 1 is 1.12 bits per heavy atom. The zero-order valence-electron chi connectivity index (χ0n) is 15.1. The van der Waals surface area contributed by atoms with Crippen LogP contribution in [0, 0.1) is 6.92 Å². The van der Waals surface area contributed by atoms with Crippen LogP contribution in [0.1, 0.15) is 40.5 Å². The van der Waals surface area contributed by atoms with E-state index in [2.05, 4.69) is 59.2 Å². The Morgan fingerprint density at radius 3 is 2.48 bits per heavy atom. The third-order valence-corrected chi connectivity index (χ3v) is 7.15. The van der Waals surface area contributed by atoms with Crippen LogP contribution >= 0.6 is 11.3 Å². The van der Waals surface area contributed by atoms with Gasteiger partial charge < -0.3 is 4.90 Å². The number of carbonyl (C=O) groups is 1. The first kappa shape index (κ1) is 16.8. The molecule has 1 spiro atoms. The van der Waals surface area contributed by atoms with E-state index in [1.165, 1.54) is 15.3 Å². The average Bonchev–Trinajstić information content (AvgIpc) is 3.14. The smallest absolute Gasteiger partial charge is 0.223 e. The summed E-state index contributed by atoms with van der Waals surface area (Å²) in [6.45, 7) is 5.35. The molecule has 1 unspecified atom stereocenters. The van der Waals surface area contributed by atoms with Crippen LogP contribution in [0.3, 0.4) is 0 Å². The summed E-state index contributed by atoms with van der Waals surface area (Å²) in [4.78, 5) is 20.0. The Hall–Kier alpha value is -1.65. The summed E-state index contributed by atoms with van der Waals surface area (Å²) in [5.41, 5.74) is 1.32. The molecule has 132 valence electrons. The Bertz CT molecular complexity index is 746. The van der Waals surface area contributed by atoms with E-state index in [1.54, 1.807) is 0 Å². The van der Waals surface area contributed by atoms with E-state index in [0.717, 1.165) is 32.5 Å². The first-order valence-electron chi connectivity index (χ1n) is 9.18. The van der Waals surface area contributed by atoms with Crippen molar-refractivity contribution >= 4 is 17.2 Å². The van der Waals surface area contributed by atoms with Gasteiger partial charge in [0.15, 0.2) is 0 Å². The van der Waals surface area contributed by atoms with Crippen molar-refractivity contribution in [1.29, 1.82) is 0 Å². The maximum Gasteiger partial charge on any atom is 0.223 e. The Morgan fingerprint density at radius 2 is 1.84 bits per heavy atom. The monoisotopic (exact) mass is 354 g/mol. The van der Waals surface area contributed by atoms with Gasteiger partial charge in [-0.2, -0.15) is 0 Å². The molecule has 1 aromatic heterocycles. The minimum atomic E-state index is 0.000301. The highest BCUT2D eigenvalue weighted by molar-refractivity contribution is 7.11. The van der Waals surface area contributed by atoms with Crippen molar-refractivity contribution in [3.63, 3.8) is 0 Å². The quantitative estimate of drug-likeness (QED) is 0.831. The third-order valence-electron chi connectivity index (χ3n) is 6.17. The van der Waals surface area contributed by atoms with E-state index in [-0.39, 0.29) is 5.54 Å². The largest absolute Gasteiger partial charge is 0.339 e. The zero-order valence-corrected chi connectivity index (χ0v) is 15.9. The zero-order chi connectivity index (χ0) is 17.4. The minimum absolute atomic E-state index is 0.000301. The maximum atomic E-state index is 12.5. The molecule has 1 amide bonds. The summed E-state index contributed by atoms with van der Waals surface area (Å²) >= 11 is 1.90. The van der Waals surface area contributed by atoms with Crippen molar-refractivity contribution in [3.8, 4) is 0 Å². The van der Waals surface area contributed by atoms with Crippen molar-refractivity contribution in [2.45, 2.75) is 44.2 Å². The summed E-state index contributed by atoms with van der Waals surface area (Å²) < 4.78 is 0. The SMILES string of the molecule is Cc1ccc(CN2CCC3(CC2)C(c2ccccc2)CC(=O)N3C)s1. The van der Waals surface area contributed by atoms with E-state index in [1.807, 2.05) is 18.4 Å². The van der Waals surface area contributed by atoms with Crippen LogP contribution in [0.2, 0.25) is 0 Å². The van der Waals surface area contributed by atoms with Gasteiger partial charge in [0.25, 0.3) is 0 Å². The summed E-state index contributed by atoms with van der Waals surface area (Å²) in [6, 6.07) is 15.1. The number of hydrogen-bond donors (Lipinski definition) is 0. The molecule has 2 aliphatic heterocycles. The lowest BCUT2D eigenvalue weighted by Gasteiger charge is -2.46. The summed E-state index contributed by atoms with van der Waals surface area (Å²) in [6.07, 6.45) is 2.79. The van der Waals surface area contributed by atoms with Crippen molar-refractivity contribution < 1.29 is 4.79 Å². The molecule has 2 saturated heterocycles. The number of amides is 1. The molecule has 1 aromatic carbocycles. The van der Waals surface area contributed by atoms with Gasteiger partial charge in [-0.3, -0.25) is 9.69 Å². The van der Waals surface area contributed by atoms with Crippen LogP contribution in [-0.4, -0.2) is 41.4 Å². The molecule has 25 heavy (non-hydrogen) atoms. The van der Waals surface area contributed by atoms with E-state index in [9.17, 15) is 4.79 Å². The maximum absolute atomic E-state index is 12.5. The Balaban J connectivity index is 1.51. The summed E-state index contributed by atoms with van der Waals surface area (Å²) in [5, 5.41) is 0. The number of piperidine rings is 1. The van der Waals surface area contributed by atoms with Gasteiger partial charge in [0.05, 0.1) is 5.54 Å². The minimum Gasteiger partial charge on any atom is -0.339 e. The van der Waals surface area contributed by atoms with Gasteiger partial charge in [-0.25, -0.2) is 0 Å². The van der Waals surface area contributed by atoms with Crippen LogP contribution in [0.25, 0.3) is 0 Å². The van der Waals surface area contributed by atoms with Gasteiger partial charge in [0.1, 0.15) is 0 Å². The predicted molar refractivity (Wildman–Crippen MR) is 103 cm³/mol. The van der Waals surface area contributed by atoms with Crippen molar-refractivity contribution in [1.82, 2.24) is 9.80 Å². The third kappa shape index (κ3) is 3.02. The highest BCUT2D eigenvalue weighted by Gasteiger charge is 2.52. The summed E-state index contributed by atoms with van der Waals surface area (Å²) in [7, 11) is 2.02. The van der Waals surface area contributed by atoms with Crippen LogP contribution < -0.4 is 0 Å². The standard InChI is InChI=1S/C21H26N2OS/c1-16-8-9-18(25-16)15-23-12-10-21(11-13-23)19(14-20(24)22(21)2)17-6-4-3-5-7-17/h3-9,19H,10-15H2,1-2H3. The molecule has 4 heteroatoms. The number of aryl methyl sites for hydroxylation is 1. The van der Waals surface area contributed by atoms with E-state index >= 15 is 0 Å². The van der Waals surface area contributed by atoms with Gasteiger partial charge in [-0.15, -0.1) is 11.3 Å². The normalized spacial score (nSPS) is 23.5. The molecule has 2 aliphatic rings. The molecule has 0 N–H and O–H groups in total. The average molecular weight is 355 g/mol.